The number of rotatable bonds is 6. The molecule has 0 amide bonds. The van der Waals surface area contributed by atoms with Crippen molar-refractivity contribution in [3.05, 3.63) is 57.4 Å². The van der Waals surface area contributed by atoms with Gasteiger partial charge in [-0.1, -0.05) is 27.7 Å². The van der Waals surface area contributed by atoms with Gasteiger partial charge in [-0.25, -0.2) is 9.78 Å². The number of carbonyl (C=O) groups is 2. The molecule has 0 spiro atoms. The summed E-state index contributed by atoms with van der Waals surface area (Å²) in [7, 11) is 0. The van der Waals surface area contributed by atoms with Crippen LogP contribution < -0.4 is 10.3 Å². The second-order valence-corrected chi connectivity index (χ2v) is 18.5. The van der Waals surface area contributed by atoms with Crippen molar-refractivity contribution >= 4 is 22.8 Å². The highest BCUT2D eigenvalue weighted by atomic mass is 16.6. The van der Waals surface area contributed by atoms with E-state index in [0.29, 0.717) is 35.5 Å². The number of pyridine rings is 2. The van der Waals surface area contributed by atoms with E-state index in [2.05, 4.69) is 20.8 Å². The van der Waals surface area contributed by atoms with E-state index in [1.54, 1.807) is 35.8 Å². The summed E-state index contributed by atoms with van der Waals surface area (Å²) < 4.78 is 12.6. The molecule has 5 unspecified atom stereocenters. The number of ether oxygens (including phenoxy) is 2. The second-order valence-electron chi connectivity index (χ2n) is 18.5. The Labute approximate surface area is 321 Å². The Balaban J connectivity index is 0.878. The molecule has 4 heterocycles. The third-order valence-corrected chi connectivity index (χ3v) is 16.0. The topological polar surface area (TPSA) is 168 Å². The zero-order valence-electron chi connectivity index (χ0n) is 32.3. The van der Waals surface area contributed by atoms with Crippen LogP contribution in [-0.4, -0.2) is 60.2 Å². The van der Waals surface area contributed by atoms with Crippen molar-refractivity contribution in [1.29, 1.82) is 0 Å². The fourth-order valence-corrected chi connectivity index (χ4v) is 12.9. The van der Waals surface area contributed by atoms with Gasteiger partial charge in [0.15, 0.2) is 5.60 Å². The number of benzene rings is 1. The lowest BCUT2D eigenvalue weighted by Gasteiger charge is -2.63. The van der Waals surface area contributed by atoms with Gasteiger partial charge in [-0.05, 0) is 134 Å². The fourth-order valence-electron chi connectivity index (χ4n) is 12.9. The van der Waals surface area contributed by atoms with Crippen molar-refractivity contribution < 1.29 is 39.5 Å². The van der Waals surface area contributed by atoms with E-state index >= 15 is 0 Å². The minimum Gasteiger partial charge on any atom is -0.458 e. The number of esters is 2. The van der Waals surface area contributed by atoms with Gasteiger partial charge in [0.1, 0.15) is 12.4 Å². The van der Waals surface area contributed by atoms with E-state index in [1.165, 1.54) is 0 Å². The van der Waals surface area contributed by atoms with Crippen molar-refractivity contribution in [2.45, 2.75) is 129 Å². The molecule has 12 atom stereocenters. The van der Waals surface area contributed by atoms with Crippen molar-refractivity contribution in [3.63, 3.8) is 0 Å². The van der Waals surface area contributed by atoms with Gasteiger partial charge in [-0.3, -0.25) is 9.59 Å². The lowest BCUT2D eigenvalue weighted by atomic mass is 9.43. The summed E-state index contributed by atoms with van der Waals surface area (Å²) in [6.45, 7) is 8.55. The molecule has 4 aliphatic carbocycles. The molecule has 1 aromatic carbocycles. The molecule has 3 aromatic rings. The third-order valence-electron chi connectivity index (χ3n) is 16.0. The van der Waals surface area contributed by atoms with Crippen LogP contribution >= 0.6 is 0 Å². The largest absolute Gasteiger partial charge is 0.458 e. The first kappa shape index (κ1) is 37.0. The smallest absolute Gasteiger partial charge is 0.343 e. The molecule has 11 nitrogen and oxygen atoms in total. The quantitative estimate of drug-likeness (QED) is 0.149. The highest BCUT2D eigenvalue weighted by Crippen LogP contribution is 2.68. The number of cyclic esters (lactones) is 1. The third kappa shape index (κ3) is 5.42. The van der Waals surface area contributed by atoms with Gasteiger partial charge in [0.05, 0.1) is 47.3 Å². The first-order valence-corrected chi connectivity index (χ1v) is 20.5. The predicted octanol–water partition coefficient (Wildman–Crippen LogP) is 5.36. The Hall–Kier alpha value is -3.64. The minimum absolute atomic E-state index is 0.0307. The van der Waals surface area contributed by atoms with E-state index in [9.17, 15) is 34.8 Å². The Morgan fingerprint density at radius 2 is 1.85 bits per heavy atom. The Kier molecular flexibility index (Phi) is 8.70. The maximum absolute atomic E-state index is 13.5. The maximum atomic E-state index is 13.5. The predicted molar refractivity (Wildman–Crippen MR) is 203 cm³/mol. The van der Waals surface area contributed by atoms with E-state index in [4.69, 9.17) is 14.5 Å². The van der Waals surface area contributed by atoms with Crippen molar-refractivity contribution in [2.24, 2.45) is 46.3 Å². The summed E-state index contributed by atoms with van der Waals surface area (Å²) in [5.41, 5.74) is 0.649. The number of hydrogen-bond acceptors (Lipinski definition) is 10. The monoisotopic (exact) mass is 754 g/mol. The van der Waals surface area contributed by atoms with Gasteiger partial charge in [-0.15, -0.1) is 0 Å². The molecule has 2 aliphatic heterocycles. The van der Waals surface area contributed by atoms with Crippen LogP contribution in [0.2, 0.25) is 0 Å². The number of carbonyl (C=O) groups excluding carboxylic acids is 2. The second kappa shape index (κ2) is 12.9. The number of fused-ring (bicyclic) bond motifs is 10. The van der Waals surface area contributed by atoms with Gasteiger partial charge in [-0.2, -0.15) is 0 Å². The van der Waals surface area contributed by atoms with Crippen LogP contribution in [0.1, 0.15) is 109 Å². The first-order chi connectivity index (χ1) is 26.2. The summed E-state index contributed by atoms with van der Waals surface area (Å²) in [6, 6.07) is 8.92. The Morgan fingerprint density at radius 3 is 2.64 bits per heavy atom. The lowest BCUT2D eigenvalue weighted by Crippen LogP contribution is -2.62. The molecule has 2 aromatic heterocycles. The summed E-state index contributed by atoms with van der Waals surface area (Å²) in [6.07, 6.45) is 5.61. The summed E-state index contributed by atoms with van der Waals surface area (Å²) in [5.74, 6) is 0.645. The zero-order chi connectivity index (χ0) is 38.8. The normalized spacial score (nSPS) is 37.9. The average molecular weight is 755 g/mol. The van der Waals surface area contributed by atoms with Crippen LogP contribution in [0.15, 0.2) is 35.1 Å². The fraction of sp³-hybridized carbons (Fsp3) is 0.636. The molecule has 4 saturated carbocycles. The molecule has 4 N–H and O–H groups in total. The zero-order valence-corrected chi connectivity index (χ0v) is 32.3. The van der Waals surface area contributed by atoms with Crippen LogP contribution in [-0.2, 0) is 33.1 Å². The highest BCUT2D eigenvalue weighted by molar-refractivity contribution is 5.87. The van der Waals surface area contributed by atoms with E-state index in [0.717, 1.165) is 49.5 Å². The van der Waals surface area contributed by atoms with Crippen molar-refractivity contribution in [3.8, 4) is 17.1 Å². The molecule has 9 rings (SSSR count). The van der Waals surface area contributed by atoms with E-state index in [-0.39, 0.29) is 101 Å². The summed E-state index contributed by atoms with van der Waals surface area (Å²) >= 11 is 0. The highest BCUT2D eigenvalue weighted by Gasteiger charge is 2.65. The summed E-state index contributed by atoms with van der Waals surface area (Å²) in [5, 5.41) is 45.9. The number of aliphatic hydroxyl groups excluding tert-OH is 3. The number of aliphatic hydroxyl groups is 4. The van der Waals surface area contributed by atoms with Crippen LogP contribution in [0.25, 0.3) is 22.3 Å². The molecular weight excluding hydrogens is 700 g/mol. The SMILES string of the molecule is CC[C@@]1(O)C(=O)OCc2c1cc1n(c2=O)Cc2cc3cc(OC(=O)CC[C@@H](C)C4CCC5C6C(C[C@H](O)[C@@]54C)[C@@]4(C)CC[C@@H](O)CC4C[C@H]6O)ccc3nc2-1. The molecular formula is C44H54N2O9. The molecule has 55 heavy (non-hydrogen) atoms. The molecule has 6 aliphatic rings. The first-order valence-electron chi connectivity index (χ1n) is 20.5. The van der Waals surface area contributed by atoms with Crippen molar-refractivity contribution in [1.82, 2.24) is 9.55 Å². The van der Waals surface area contributed by atoms with Gasteiger partial charge < -0.3 is 34.5 Å². The van der Waals surface area contributed by atoms with E-state index < -0.39 is 23.8 Å². The Bertz CT molecular complexity index is 2150. The van der Waals surface area contributed by atoms with Crippen LogP contribution in [0, 0.1) is 46.3 Å². The van der Waals surface area contributed by atoms with Crippen molar-refractivity contribution in [2.75, 3.05) is 0 Å². The van der Waals surface area contributed by atoms with Gasteiger partial charge >= 0.3 is 11.9 Å². The van der Waals surface area contributed by atoms with Crippen LogP contribution in [0.5, 0.6) is 5.75 Å². The molecule has 11 heteroatoms. The van der Waals surface area contributed by atoms with E-state index in [1.807, 2.05) is 6.07 Å². The van der Waals surface area contributed by atoms with Gasteiger partial charge in [0.2, 0.25) is 0 Å². The van der Waals surface area contributed by atoms with Crippen LogP contribution in [0.3, 0.4) is 0 Å². The molecule has 0 saturated heterocycles. The molecule has 4 fully saturated rings. The average Bonchev–Trinajstić information content (AvgIpc) is 3.70. The van der Waals surface area contributed by atoms with Gasteiger partial charge in [0, 0.05) is 22.9 Å². The van der Waals surface area contributed by atoms with Crippen LogP contribution in [0.4, 0.5) is 0 Å². The molecule has 0 bridgehead atoms. The summed E-state index contributed by atoms with van der Waals surface area (Å²) in [4.78, 5) is 44.2. The Morgan fingerprint density at radius 1 is 1.05 bits per heavy atom. The number of hydrogen-bond donors (Lipinski definition) is 4. The minimum atomic E-state index is -1.89. The lowest BCUT2D eigenvalue weighted by molar-refractivity contribution is -0.207. The standard InChI is InChI=1S/C44H54N2O9/c1-5-44(53)31-18-34-39-24(20-46(34)40(51)28(31)21-54-41(44)52)14-23-15-27(7-10-33(23)45-39)55-37(50)11-6-22(2)29-8-9-30-38-32(19-36(49)43(29,30)4)42(3)13-12-26(47)16-25(42)17-35(38)48/h7,10,14-15,18,22,25-26,29-30,32,35-36,38,47-49,53H,5-6,8-9,11-13,16-17,19-21H2,1-4H3/t22-,25?,26-,29?,30?,32?,35-,36+,38?,42+,43-,44+/m1/s1. The maximum Gasteiger partial charge on any atom is 0.343 e. The molecule has 294 valence electrons. The van der Waals surface area contributed by atoms with Gasteiger partial charge in [0.25, 0.3) is 5.56 Å². The number of nitrogens with zero attached hydrogens (tertiary/aromatic N) is 2. The number of aromatic nitrogens is 2. The molecule has 0 radical (unpaired) electrons.